The van der Waals surface area contributed by atoms with Gasteiger partial charge in [0.05, 0.1) is 11.1 Å². The summed E-state index contributed by atoms with van der Waals surface area (Å²) in [4.78, 5) is 0. The monoisotopic (exact) mass is 344 g/mol. The molecule has 7 atom stereocenters. The zero-order valence-corrected chi connectivity index (χ0v) is 12.4. The molecule has 24 heavy (non-hydrogen) atoms. The zero-order chi connectivity index (χ0) is 17.0. The summed E-state index contributed by atoms with van der Waals surface area (Å²) in [5.74, 6) is 2.05. The topological polar surface area (TPSA) is 0 Å². The predicted octanol–water partition coefficient (Wildman–Crippen LogP) is 5.51. The third-order valence-electron chi connectivity index (χ3n) is 6.45. The van der Waals surface area contributed by atoms with Gasteiger partial charge in [0, 0.05) is 0 Å². The summed E-state index contributed by atoms with van der Waals surface area (Å²) < 4.78 is 78.6. The van der Waals surface area contributed by atoms with Gasteiger partial charge in [0.2, 0.25) is 0 Å². The van der Waals surface area contributed by atoms with E-state index in [0.29, 0.717) is 23.7 Å². The van der Waals surface area contributed by atoms with Gasteiger partial charge >= 0.3 is 12.4 Å². The largest absolute Gasteiger partial charge is 0.416 e. The average Bonchev–Trinajstić information content (AvgIpc) is 3.34. The van der Waals surface area contributed by atoms with Crippen molar-refractivity contribution < 1.29 is 26.3 Å². The highest BCUT2D eigenvalue weighted by atomic mass is 19.4. The van der Waals surface area contributed by atoms with Crippen LogP contribution in [0.15, 0.2) is 30.4 Å². The molecule has 128 valence electrons. The van der Waals surface area contributed by atoms with E-state index in [0.717, 1.165) is 18.6 Å². The van der Waals surface area contributed by atoms with Crippen LogP contribution < -0.4 is 0 Å². The third-order valence-corrected chi connectivity index (χ3v) is 6.45. The van der Waals surface area contributed by atoms with Crippen LogP contribution >= 0.6 is 0 Å². The SMILES string of the molecule is FC(F)(F)c1cc([C@H]2C3C4C=C[C@H]2[C@@H]2C[C@@H]2[C@@H]43)cc(C(F)(F)F)c1. The van der Waals surface area contributed by atoms with Crippen molar-refractivity contribution >= 4 is 0 Å². The number of halogens is 6. The van der Waals surface area contributed by atoms with E-state index in [1.54, 1.807) is 0 Å². The molecule has 0 N–H and O–H groups in total. The Morgan fingerprint density at radius 3 is 1.88 bits per heavy atom. The number of benzene rings is 1. The lowest BCUT2D eigenvalue weighted by molar-refractivity contribution is -0.143. The fourth-order valence-corrected chi connectivity index (χ4v) is 5.47. The standard InChI is InChI=1S/C18H14F6/c19-17(20,21)8-3-7(4-9(5-8)18(22,23)24)14-10-1-2-11-15(16(11)14)13-6-12(10)13/h1-5,10-16H,6H2/t10-,11?,12-,13-,14+,15+,16?/m0/s1. The van der Waals surface area contributed by atoms with Crippen LogP contribution in [0.2, 0.25) is 0 Å². The summed E-state index contributed by atoms with van der Waals surface area (Å²) in [6, 6.07) is 2.12. The second-order valence-corrected chi connectivity index (χ2v) is 7.62. The predicted molar refractivity (Wildman–Crippen MR) is 73.9 cm³/mol. The molecular weight excluding hydrogens is 330 g/mol. The first-order valence-corrected chi connectivity index (χ1v) is 8.14. The first-order chi connectivity index (χ1) is 11.2. The van der Waals surface area contributed by atoms with Crippen molar-refractivity contribution in [2.24, 2.45) is 35.5 Å². The van der Waals surface area contributed by atoms with Crippen molar-refractivity contribution in [3.8, 4) is 0 Å². The summed E-state index contributed by atoms with van der Waals surface area (Å²) in [5.41, 5.74) is -2.17. The maximum absolute atomic E-state index is 13.1. The molecule has 1 aromatic carbocycles. The number of hydrogen-bond acceptors (Lipinski definition) is 0. The molecule has 5 rings (SSSR count). The summed E-state index contributed by atoms with van der Waals surface area (Å²) in [6.45, 7) is 0. The second kappa shape index (κ2) is 4.20. The van der Waals surface area contributed by atoms with Gasteiger partial charge in [-0.3, -0.25) is 0 Å². The zero-order valence-electron chi connectivity index (χ0n) is 12.4. The Hall–Kier alpha value is -1.46. The van der Waals surface area contributed by atoms with E-state index < -0.39 is 23.5 Å². The van der Waals surface area contributed by atoms with Crippen LogP contribution in [0, 0.1) is 35.5 Å². The summed E-state index contributed by atoms with van der Waals surface area (Å²) in [5, 5.41) is 0. The molecule has 3 fully saturated rings. The Kier molecular flexibility index (Phi) is 2.60. The summed E-state index contributed by atoms with van der Waals surface area (Å²) in [6.07, 6.45) is -4.28. The minimum absolute atomic E-state index is 0.0968. The molecule has 0 nitrogen and oxygen atoms in total. The van der Waals surface area contributed by atoms with Crippen LogP contribution in [-0.4, -0.2) is 0 Å². The number of alkyl halides is 6. The fraction of sp³-hybridized carbons (Fsp3) is 0.556. The van der Waals surface area contributed by atoms with E-state index in [4.69, 9.17) is 0 Å². The molecule has 0 heterocycles. The van der Waals surface area contributed by atoms with Crippen LogP contribution in [0.25, 0.3) is 0 Å². The number of rotatable bonds is 1. The number of hydrogen-bond donors (Lipinski definition) is 0. The Bertz CT molecular complexity index is 711. The van der Waals surface area contributed by atoms with Gasteiger partial charge < -0.3 is 0 Å². The Morgan fingerprint density at radius 2 is 1.29 bits per heavy atom. The van der Waals surface area contributed by atoms with E-state index >= 15 is 0 Å². The molecule has 0 aliphatic heterocycles. The molecule has 3 saturated carbocycles. The normalized spacial score (nSPS) is 41.8. The van der Waals surface area contributed by atoms with Crippen LogP contribution in [-0.2, 0) is 12.4 Å². The average molecular weight is 344 g/mol. The van der Waals surface area contributed by atoms with Gasteiger partial charge in [0.15, 0.2) is 0 Å². The van der Waals surface area contributed by atoms with Gasteiger partial charge in [-0.2, -0.15) is 26.3 Å². The van der Waals surface area contributed by atoms with Crippen molar-refractivity contribution in [2.75, 3.05) is 0 Å². The molecule has 2 unspecified atom stereocenters. The first kappa shape index (κ1) is 14.8. The van der Waals surface area contributed by atoms with Gasteiger partial charge in [-0.1, -0.05) is 12.2 Å². The van der Waals surface area contributed by atoms with Gasteiger partial charge in [0.25, 0.3) is 0 Å². The highest BCUT2D eigenvalue weighted by Gasteiger charge is 2.71. The maximum atomic E-state index is 13.1. The molecule has 2 bridgehead atoms. The van der Waals surface area contributed by atoms with Gasteiger partial charge in [-0.05, 0) is 71.6 Å². The smallest absolute Gasteiger partial charge is 0.166 e. The van der Waals surface area contributed by atoms with E-state index in [1.807, 2.05) is 0 Å². The molecule has 6 heteroatoms. The Labute approximate surface area is 134 Å². The van der Waals surface area contributed by atoms with E-state index in [1.165, 1.54) is 0 Å². The van der Waals surface area contributed by atoms with Crippen LogP contribution in [0.4, 0.5) is 26.3 Å². The van der Waals surface area contributed by atoms with E-state index in [2.05, 4.69) is 12.2 Å². The number of fused-ring (bicyclic) bond motifs is 5. The van der Waals surface area contributed by atoms with Crippen molar-refractivity contribution in [1.82, 2.24) is 0 Å². The molecule has 0 spiro atoms. The van der Waals surface area contributed by atoms with Crippen LogP contribution in [0.3, 0.4) is 0 Å². The maximum Gasteiger partial charge on any atom is 0.416 e. The molecule has 4 aliphatic carbocycles. The molecule has 1 aromatic rings. The highest BCUT2D eigenvalue weighted by Crippen LogP contribution is 2.77. The third kappa shape index (κ3) is 1.94. The molecule has 0 saturated heterocycles. The van der Waals surface area contributed by atoms with Gasteiger partial charge in [0.1, 0.15) is 0 Å². The van der Waals surface area contributed by atoms with Crippen molar-refractivity contribution in [1.29, 1.82) is 0 Å². The molecule has 4 aliphatic rings. The van der Waals surface area contributed by atoms with Crippen LogP contribution in [0.5, 0.6) is 0 Å². The second-order valence-electron chi connectivity index (χ2n) is 7.62. The van der Waals surface area contributed by atoms with Crippen molar-refractivity contribution in [3.05, 3.63) is 47.0 Å². The highest BCUT2D eigenvalue weighted by molar-refractivity contribution is 5.42. The van der Waals surface area contributed by atoms with Gasteiger partial charge in [-0.15, -0.1) is 0 Å². The quantitative estimate of drug-likeness (QED) is 0.466. The van der Waals surface area contributed by atoms with Crippen molar-refractivity contribution in [2.45, 2.75) is 24.7 Å². The lowest BCUT2D eigenvalue weighted by atomic mass is 9.73. The molecule has 0 amide bonds. The fourth-order valence-electron chi connectivity index (χ4n) is 5.47. The van der Waals surface area contributed by atoms with Crippen molar-refractivity contribution in [3.63, 3.8) is 0 Å². The molecule has 0 radical (unpaired) electrons. The Balaban J connectivity index is 1.62. The number of allylic oxidation sites excluding steroid dienone is 2. The lowest BCUT2D eigenvalue weighted by Crippen LogP contribution is -2.24. The Morgan fingerprint density at radius 1 is 0.708 bits per heavy atom. The summed E-state index contributed by atoms with van der Waals surface area (Å²) in [7, 11) is 0. The van der Waals surface area contributed by atoms with E-state index in [-0.39, 0.29) is 29.4 Å². The molecule has 0 aromatic heterocycles. The first-order valence-electron chi connectivity index (χ1n) is 8.14. The van der Waals surface area contributed by atoms with Crippen LogP contribution in [0.1, 0.15) is 29.0 Å². The lowest BCUT2D eigenvalue weighted by Gasteiger charge is -2.32. The van der Waals surface area contributed by atoms with Gasteiger partial charge in [-0.25, -0.2) is 0 Å². The minimum atomic E-state index is -4.77. The van der Waals surface area contributed by atoms with E-state index in [9.17, 15) is 26.3 Å². The molecular formula is C18H14F6. The summed E-state index contributed by atoms with van der Waals surface area (Å²) >= 11 is 0. The minimum Gasteiger partial charge on any atom is -0.166 e.